The minimum Gasteiger partial charge on any atom is -0.497 e. The van der Waals surface area contributed by atoms with Crippen LogP contribution in [0.5, 0.6) is 5.75 Å². The van der Waals surface area contributed by atoms with E-state index in [-0.39, 0.29) is 6.04 Å². The van der Waals surface area contributed by atoms with Gasteiger partial charge in [-0.25, -0.2) is 9.78 Å². The normalized spacial score (nSPS) is 12.0. The van der Waals surface area contributed by atoms with Crippen LogP contribution < -0.4 is 9.64 Å². The van der Waals surface area contributed by atoms with Crippen LogP contribution in [0.3, 0.4) is 0 Å². The minimum atomic E-state index is -0.915. The number of ether oxygens (including phenoxy) is 1. The second kappa shape index (κ2) is 9.40. The van der Waals surface area contributed by atoms with Gasteiger partial charge in [0, 0.05) is 6.54 Å². The number of thiazole rings is 1. The molecule has 4 rings (SSSR count). The number of aromatic carboxylic acids is 1. The third-order valence-corrected chi connectivity index (χ3v) is 6.76. The van der Waals surface area contributed by atoms with E-state index in [1.165, 1.54) is 11.1 Å². The molecule has 5 nitrogen and oxygen atoms in total. The maximum absolute atomic E-state index is 11.2. The Morgan fingerprint density at radius 1 is 1.09 bits per heavy atom. The molecular formula is C26H26N2O3S. The molecular weight excluding hydrogens is 420 g/mol. The highest BCUT2D eigenvalue weighted by molar-refractivity contribution is 7.22. The fourth-order valence-corrected chi connectivity index (χ4v) is 4.78. The smallest absolute Gasteiger partial charge is 0.335 e. The molecule has 3 aromatic carbocycles. The highest BCUT2D eigenvalue weighted by Gasteiger charge is 2.20. The predicted molar refractivity (Wildman–Crippen MR) is 130 cm³/mol. The molecule has 0 bridgehead atoms. The number of hydrogen-bond acceptors (Lipinski definition) is 5. The summed E-state index contributed by atoms with van der Waals surface area (Å²) >= 11 is 1.69. The fraction of sp³-hybridized carbons (Fsp3) is 0.231. The van der Waals surface area contributed by atoms with E-state index in [0.717, 1.165) is 39.6 Å². The number of carboxylic acids is 1. The Kier molecular flexibility index (Phi) is 6.42. The molecule has 1 unspecified atom stereocenters. The van der Waals surface area contributed by atoms with Crippen LogP contribution in [-0.4, -0.2) is 29.7 Å². The van der Waals surface area contributed by atoms with Crippen LogP contribution in [0.15, 0.2) is 66.7 Å². The number of hydrogen-bond donors (Lipinski definition) is 1. The van der Waals surface area contributed by atoms with Gasteiger partial charge >= 0.3 is 5.97 Å². The lowest BCUT2D eigenvalue weighted by atomic mass is 10.0. The molecule has 32 heavy (non-hydrogen) atoms. The van der Waals surface area contributed by atoms with Crippen LogP contribution in [0, 0.1) is 6.92 Å². The van der Waals surface area contributed by atoms with E-state index in [9.17, 15) is 9.90 Å². The fourth-order valence-electron chi connectivity index (χ4n) is 3.73. The van der Waals surface area contributed by atoms with Gasteiger partial charge < -0.3 is 14.7 Å². The van der Waals surface area contributed by atoms with Crippen LogP contribution in [-0.2, 0) is 6.42 Å². The summed E-state index contributed by atoms with van der Waals surface area (Å²) in [5.41, 5.74) is 4.77. The lowest BCUT2D eigenvalue weighted by molar-refractivity contribution is 0.0697. The van der Waals surface area contributed by atoms with Gasteiger partial charge in [0.05, 0.1) is 28.9 Å². The van der Waals surface area contributed by atoms with Gasteiger partial charge in [0.2, 0.25) is 0 Å². The molecule has 0 aliphatic heterocycles. The lowest BCUT2D eigenvalue weighted by Gasteiger charge is -2.29. The third kappa shape index (κ3) is 4.75. The first-order chi connectivity index (χ1) is 15.4. The highest BCUT2D eigenvalue weighted by atomic mass is 32.1. The Morgan fingerprint density at radius 3 is 2.47 bits per heavy atom. The van der Waals surface area contributed by atoms with Crippen molar-refractivity contribution < 1.29 is 14.6 Å². The molecule has 0 amide bonds. The van der Waals surface area contributed by atoms with E-state index in [1.807, 2.05) is 24.3 Å². The molecule has 164 valence electrons. The van der Waals surface area contributed by atoms with Crippen LogP contribution in [0.1, 0.15) is 40.0 Å². The average Bonchev–Trinajstić information content (AvgIpc) is 3.22. The van der Waals surface area contributed by atoms with Gasteiger partial charge in [-0.1, -0.05) is 41.7 Å². The number of aryl methyl sites for hydroxylation is 1. The van der Waals surface area contributed by atoms with Crippen LogP contribution in [0.25, 0.3) is 10.2 Å². The lowest BCUT2D eigenvalue weighted by Crippen LogP contribution is -2.29. The number of rotatable bonds is 8. The quantitative estimate of drug-likeness (QED) is 0.353. The summed E-state index contributed by atoms with van der Waals surface area (Å²) in [5, 5.41) is 10.2. The molecule has 0 fully saturated rings. The first kappa shape index (κ1) is 21.8. The predicted octanol–water partition coefficient (Wildman–Crippen LogP) is 6.12. The third-order valence-electron chi connectivity index (χ3n) is 5.69. The monoisotopic (exact) mass is 446 g/mol. The van der Waals surface area contributed by atoms with E-state index < -0.39 is 5.97 Å². The van der Waals surface area contributed by atoms with Crippen molar-refractivity contribution >= 4 is 32.7 Å². The van der Waals surface area contributed by atoms with Crippen molar-refractivity contribution in [3.8, 4) is 5.75 Å². The van der Waals surface area contributed by atoms with Gasteiger partial charge in [0.15, 0.2) is 5.13 Å². The van der Waals surface area contributed by atoms with Crippen molar-refractivity contribution in [3.63, 3.8) is 0 Å². The number of methoxy groups -OCH3 is 1. The summed E-state index contributed by atoms with van der Waals surface area (Å²) in [7, 11) is 1.67. The summed E-state index contributed by atoms with van der Waals surface area (Å²) in [4.78, 5) is 18.5. The topological polar surface area (TPSA) is 62.7 Å². The van der Waals surface area contributed by atoms with Crippen LogP contribution >= 0.6 is 11.3 Å². The zero-order valence-electron chi connectivity index (χ0n) is 18.4. The molecule has 1 atom stereocenters. The zero-order chi connectivity index (χ0) is 22.7. The Hall–Kier alpha value is -3.38. The first-order valence-electron chi connectivity index (χ1n) is 10.5. The Morgan fingerprint density at radius 2 is 1.81 bits per heavy atom. The minimum absolute atomic E-state index is 0.0396. The van der Waals surface area contributed by atoms with Gasteiger partial charge in [-0.15, -0.1) is 0 Å². The number of nitrogens with zero attached hydrogens (tertiary/aromatic N) is 2. The standard InChI is InChI=1S/C26H26N2O3S/c1-17-4-13-24-23(16-17)27-26(32-24)28(15-14-19-5-11-22(31-3)12-6-19)18(2)20-7-9-21(10-8-20)25(29)30/h4-13,16,18H,14-15H2,1-3H3,(H,29,30). The van der Waals surface area contributed by atoms with E-state index >= 15 is 0 Å². The van der Waals surface area contributed by atoms with Crippen LogP contribution in [0.2, 0.25) is 0 Å². The van der Waals surface area contributed by atoms with Gasteiger partial charge in [0.25, 0.3) is 0 Å². The van der Waals surface area contributed by atoms with Crippen molar-refractivity contribution in [1.82, 2.24) is 4.98 Å². The van der Waals surface area contributed by atoms with Gasteiger partial charge in [-0.3, -0.25) is 0 Å². The molecule has 0 aliphatic carbocycles. The second-order valence-electron chi connectivity index (χ2n) is 7.86. The van der Waals surface area contributed by atoms with E-state index in [2.05, 4.69) is 49.1 Å². The van der Waals surface area contributed by atoms with E-state index in [1.54, 1.807) is 30.6 Å². The Bertz CT molecular complexity index is 1220. The van der Waals surface area contributed by atoms with Gasteiger partial charge in [0.1, 0.15) is 5.75 Å². The van der Waals surface area contributed by atoms with Crippen LogP contribution in [0.4, 0.5) is 5.13 Å². The number of aromatic nitrogens is 1. The second-order valence-corrected chi connectivity index (χ2v) is 8.87. The molecule has 6 heteroatoms. The number of fused-ring (bicyclic) bond motifs is 1. The molecule has 0 saturated heterocycles. The number of carbonyl (C=O) groups is 1. The molecule has 1 N–H and O–H groups in total. The van der Waals surface area contributed by atoms with Crippen molar-refractivity contribution in [2.75, 3.05) is 18.6 Å². The Labute approximate surface area is 191 Å². The summed E-state index contributed by atoms with van der Waals surface area (Å²) in [6.45, 7) is 5.00. The molecule has 1 aromatic heterocycles. The highest BCUT2D eigenvalue weighted by Crippen LogP contribution is 2.34. The summed E-state index contributed by atoms with van der Waals surface area (Å²) < 4.78 is 6.43. The average molecular weight is 447 g/mol. The number of carboxylic acid groups (broad SMARTS) is 1. The van der Waals surface area contributed by atoms with Gasteiger partial charge in [-0.05, 0) is 73.4 Å². The van der Waals surface area contributed by atoms with E-state index in [4.69, 9.17) is 9.72 Å². The maximum Gasteiger partial charge on any atom is 0.335 e. The van der Waals surface area contributed by atoms with Crippen molar-refractivity contribution in [2.45, 2.75) is 26.3 Å². The van der Waals surface area contributed by atoms with Crippen molar-refractivity contribution in [2.24, 2.45) is 0 Å². The SMILES string of the molecule is COc1ccc(CCN(c2nc3cc(C)ccc3s2)C(C)c2ccc(C(=O)O)cc2)cc1. The largest absolute Gasteiger partial charge is 0.497 e. The molecule has 0 saturated carbocycles. The Balaban J connectivity index is 1.64. The summed E-state index contributed by atoms with van der Waals surface area (Å²) in [6.07, 6.45) is 0.858. The molecule has 0 radical (unpaired) electrons. The zero-order valence-corrected chi connectivity index (χ0v) is 19.2. The molecule has 0 aliphatic rings. The first-order valence-corrected chi connectivity index (χ1v) is 11.4. The van der Waals surface area contributed by atoms with Gasteiger partial charge in [-0.2, -0.15) is 0 Å². The molecule has 1 heterocycles. The molecule has 4 aromatic rings. The summed E-state index contributed by atoms with van der Waals surface area (Å²) in [5.74, 6) is -0.0684. The number of benzene rings is 3. The van der Waals surface area contributed by atoms with E-state index in [0.29, 0.717) is 5.56 Å². The number of anilines is 1. The summed E-state index contributed by atoms with van der Waals surface area (Å²) in [6, 6.07) is 21.6. The molecule has 0 spiro atoms. The van der Waals surface area contributed by atoms with Crippen molar-refractivity contribution in [1.29, 1.82) is 0 Å². The van der Waals surface area contributed by atoms with Crippen molar-refractivity contribution in [3.05, 3.63) is 89.0 Å². The maximum atomic E-state index is 11.2.